The van der Waals surface area contributed by atoms with Gasteiger partial charge >= 0.3 is 0 Å². The molecule has 0 saturated carbocycles. The van der Waals surface area contributed by atoms with Crippen LogP contribution in [0.4, 0.5) is 0 Å². The second kappa shape index (κ2) is 5.08. The molecular weight excluding hydrogens is 312 g/mol. The molecule has 0 radical (unpaired) electrons. The lowest BCUT2D eigenvalue weighted by Crippen LogP contribution is -2.43. The number of sulfone groups is 1. The van der Waals surface area contributed by atoms with Crippen molar-refractivity contribution in [2.24, 2.45) is 7.05 Å². The van der Waals surface area contributed by atoms with E-state index in [2.05, 4.69) is 0 Å². The molecule has 2 heterocycles. The van der Waals surface area contributed by atoms with Crippen LogP contribution in [0.1, 0.15) is 5.69 Å². The molecular formula is C10H15ClN2O4S2. The SMILES string of the molecule is Cn1cc(S(=O)(=O)N2CCS(=O)(=O)CC2)cc1CCl. The van der Waals surface area contributed by atoms with E-state index >= 15 is 0 Å². The zero-order chi connectivity index (χ0) is 14.3. The van der Waals surface area contributed by atoms with E-state index in [0.717, 1.165) is 0 Å². The molecule has 0 aromatic carbocycles. The first-order valence-corrected chi connectivity index (χ1v) is 9.47. The van der Waals surface area contributed by atoms with E-state index in [9.17, 15) is 16.8 Å². The lowest BCUT2D eigenvalue weighted by molar-refractivity contribution is 0.430. The van der Waals surface area contributed by atoms with Crippen LogP contribution in [-0.2, 0) is 32.8 Å². The van der Waals surface area contributed by atoms with Crippen LogP contribution in [0.25, 0.3) is 0 Å². The highest BCUT2D eigenvalue weighted by atomic mass is 35.5. The van der Waals surface area contributed by atoms with Gasteiger partial charge < -0.3 is 4.57 Å². The third-order valence-corrected chi connectivity index (χ3v) is 6.91. The highest BCUT2D eigenvalue weighted by Gasteiger charge is 2.31. The summed E-state index contributed by atoms with van der Waals surface area (Å²) in [4.78, 5) is 0.157. The largest absolute Gasteiger partial charge is 0.352 e. The van der Waals surface area contributed by atoms with Crippen LogP contribution in [0.3, 0.4) is 0 Å². The summed E-state index contributed by atoms with van der Waals surface area (Å²) in [6.45, 7) is 0.0194. The highest BCUT2D eigenvalue weighted by molar-refractivity contribution is 7.92. The molecule has 19 heavy (non-hydrogen) atoms. The Hall–Kier alpha value is -0.570. The predicted molar refractivity (Wildman–Crippen MR) is 72.4 cm³/mol. The Morgan fingerprint density at radius 1 is 1.32 bits per heavy atom. The van der Waals surface area contributed by atoms with Crippen LogP contribution in [-0.4, -0.2) is 50.3 Å². The number of nitrogens with zero attached hydrogens (tertiary/aromatic N) is 2. The third-order valence-electron chi connectivity index (χ3n) is 3.16. The average molecular weight is 327 g/mol. The Bertz CT molecular complexity index is 664. The zero-order valence-corrected chi connectivity index (χ0v) is 12.8. The Labute approximate surface area is 117 Å². The van der Waals surface area contributed by atoms with Gasteiger partial charge in [0.2, 0.25) is 10.0 Å². The Kier molecular flexibility index (Phi) is 3.97. The summed E-state index contributed by atoms with van der Waals surface area (Å²) >= 11 is 5.71. The molecule has 6 nitrogen and oxygen atoms in total. The number of aryl methyl sites for hydroxylation is 1. The van der Waals surface area contributed by atoms with Crippen LogP contribution in [0.5, 0.6) is 0 Å². The lowest BCUT2D eigenvalue weighted by atomic mass is 10.5. The minimum atomic E-state index is -3.63. The number of aromatic nitrogens is 1. The van der Waals surface area contributed by atoms with Crippen LogP contribution >= 0.6 is 11.6 Å². The Morgan fingerprint density at radius 2 is 1.89 bits per heavy atom. The minimum absolute atomic E-state index is 0.00969. The van der Waals surface area contributed by atoms with E-state index in [4.69, 9.17) is 11.6 Å². The Morgan fingerprint density at radius 3 is 2.37 bits per heavy atom. The number of hydrogen-bond acceptors (Lipinski definition) is 4. The molecule has 1 aromatic heterocycles. The average Bonchev–Trinajstić information content (AvgIpc) is 2.70. The number of hydrogen-bond donors (Lipinski definition) is 0. The second-order valence-electron chi connectivity index (χ2n) is 4.47. The van der Waals surface area contributed by atoms with Gasteiger partial charge in [0.25, 0.3) is 0 Å². The highest BCUT2D eigenvalue weighted by Crippen LogP contribution is 2.21. The molecule has 9 heteroatoms. The molecule has 0 unspecified atom stereocenters. The summed E-state index contributed by atoms with van der Waals surface area (Å²) in [5, 5.41) is 0. The first-order chi connectivity index (χ1) is 8.76. The van der Waals surface area contributed by atoms with Gasteiger partial charge in [-0.15, -0.1) is 11.6 Å². The van der Waals surface area contributed by atoms with E-state index < -0.39 is 19.9 Å². The molecule has 2 rings (SSSR count). The molecule has 0 N–H and O–H groups in total. The van der Waals surface area contributed by atoms with Crippen molar-refractivity contribution in [3.8, 4) is 0 Å². The van der Waals surface area contributed by atoms with E-state index in [0.29, 0.717) is 5.69 Å². The fourth-order valence-electron chi connectivity index (χ4n) is 1.94. The molecule has 0 spiro atoms. The standard InChI is InChI=1S/C10H15ClN2O4S2/c1-12-8-10(6-9(12)7-11)19(16,17)13-2-4-18(14,15)5-3-13/h6,8H,2-5,7H2,1H3. The van der Waals surface area contributed by atoms with Crippen molar-refractivity contribution in [1.29, 1.82) is 0 Å². The maximum atomic E-state index is 12.4. The van der Waals surface area contributed by atoms with Gasteiger partial charge in [-0.2, -0.15) is 4.31 Å². The molecule has 1 aromatic rings. The van der Waals surface area contributed by atoms with Gasteiger partial charge in [-0.25, -0.2) is 16.8 Å². The van der Waals surface area contributed by atoms with Gasteiger partial charge in [-0.05, 0) is 6.07 Å². The van der Waals surface area contributed by atoms with Crippen LogP contribution < -0.4 is 0 Å². The maximum Gasteiger partial charge on any atom is 0.244 e. The van der Waals surface area contributed by atoms with Gasteiger partial charge in [-0.3, -0.25) is 0 Å². The van der Waals surface area contributed by atoms with Crippen molar-refractivity contribution in [2.75, 3.05) is 24.6 Å². The second-order valence-corrected chi connectivity index (χ2v) is 8.98. The quantitative estimate of drug-likeness (QED) is 0.743. The van der Waals surface area contributed by atoms with Gasteiger partial charge in [0, 0.05) is 32.0 Å². The number of halogens is 1. The monoisotopic (exact) mass is 326 g/mol. The van der Waals surface area contributed by atoms with Gasteiger partial charge in [0.05, 0.1) is 17.4 Å². The van der Waals surface area contributed by atoms with Crippen LogP contribution in [0, 0.1) is 0 Å². The summed E-state index contributed by atoms with van der Waals surface area (Å²) in [5.41, 5.74) is 0.699. The van der Waals surface area contributed by atoms with Crippen molar-refractivity contribution in [2.45, 2.75) is 10.8 Å². The van der Waals surface area contributed by atoms with Crippen molar-refractivity contribution >= 4 is 31.5 Å². The normalized spacial score (nSPS) is 20.5. The van der Waals surface area contributed by atoms with Gasteiger partial charge in [0.1, 0.15) is 4.90 Å². The molecule has 108 valence electrons. The van der Waals surface area contributed by atoms with E-state index in [1.54, 1.807) is 11.6 Å². The van der Waals surface area contributed by atoms with E-state index in [1.165, 1.54) is 16.6 Å². The first-order valence-electron chi connectivity index (χ1n) is 5.68. The third kappa shape index (κ3) is 2.96. The zero-order valence-electron chi connectivity index (χ0n) is 10.4. The molecule has 1 fully saturated rings. The smallest absolute Gasteiger partial charge is 0.244 e. The summed E-state index contributed by atoms with van der Waals surface area (Å²) in [6, 6.07) is 1.52. The summed E-state index contributed by atoms with van der Waals surface area (Å²) in [6.07, 6.45) is 1.50. The van der Waals surface area contributed by atoms with Gasteiger partial charge in [0.15, 0.2) is 9.84 Å². The fourth-order valence-corrected chi connectivity index (χ4v) is 5.17. The fraction of sp³-hybridized carbons (Fsp3) is 0.600. The topological polar surface area (TPSA) is 76.5 Å². The molecule has 1 aliphatic rings. The van der Waals surface area contributed by atoms with Gasteiger partial charge in [-0.1, -0.05) is 0 Å². The van der Waals surface area contributed by atoms with Crippen molar-refractivity contribution < 1.29 is 16.8 Å². The summed E-state index contributed by atoms with van der Waals surface area (Å²) in [7, 11) is -5.01. The predicted octanol–water partition coefficient (Wildman–Crippen LogP) is 0.183. The van der Waals surface area contributed by atoms with Crippen molar-refractivity contribution in [1.82, 2.24) is 8.87 Å². The van der Waals surface area contributed by atoms with E-state index in [1.807, 2.05) is 0 Å². The van der Waals surface area contributed by atoms with E-state index in [-0.39, 0.29) is 35.4 Å². The molecule has 0 atom stereocenters. The van der Waals surface area contributed by atoms with Crippen LogP contribution in [0.15, 0.2) is 17.2 Å². The summed E-state index contributed by atoms with van der Waals surface area (Å²) < 4.78 is 50.2. The number of sulfonamides is 1. The van der Waals surface area contributed by atoms with Crippen molar-refractivity contribution in [3.05, 3.63) is 18.0 Å². The molecule has 1 saturated heterocycles. The Balaban J connectivity index is 2.28. The van der Waals surface area contributed by atoms with Crippen molar-refractivity contribution in [3.63, 3.8) is 0 Å². The first kappa shape index (κ1) is 14.8. The lowest BCUT2D eigenvalue weighted by Gasteiger charge is -2.25. The van der Waals surface area contributed by atoms with Crippen LogP contribution in [0.2, 0.25) is 0 Å². The molecule has 0 aliphatic carbocycles. The molecule has 0 amide bonds. The maximum absolute atomic E-state index is 12.4. The minimum Gasteiger partial charge on any atom is -0.352 e. The number of alkyl halides is 1. The molecule has 0 bridgehead atoms. The number of rotatable bonds is 3. The summed E-state index contributed by atoms with van der Waals surface area (Å²) in [5.74, 6) is -0.0246. The molecule has 1 aliphatic heterocycles.